The van der Waals surface area contributed by atoms with E-state index in [0.717, 1.165) is 29.5 Å². The summed E-state index contributed by atoms with van der Waals surface area (Å²) >= 11 is 0. The maximum absolute atomic E-state index is 13.3. The van der Waals surface area contributed by atoms with Gasteiger partial charge in [0.25, 0.3) is 0 Å². The molecular formula is C33H33FO6. The molecule has 0 radical (unpaired) electrons. The molecule has 6 nitrogen and oxygen atoms in total. The molecule has 0 atom stereocenters. The van der Waals surface area contributed by atoms with Crippen molar-refractivity contribution in [1.29, 1.82) is 0 Å². The first-order valence-electron chi connectivity index (χ1n) is 13.4. The number of benzene rings is 4. The number of aromatic carboxylic acids is 1. The van der Waals surface area contributed by atoms with Crippen LogP contribution in [0.15, 0.2) is 78.9 Å². The van der Waals surface area contributed by atoms with Crippen molar-refractivity contribution in [3.8, 4) is 39.9 Å². The van der Waals surface area contributed by atoms with Gasteiger partial charge in [0.15, 0.2) is 0 Å². The number of carbonyl (C=O) groups is 1. The molecule has 4 rings (SSSR count). The Morgan fingerprint density at radius 3 is 2.25 bits per heavy atom. The number of aromatic hydroxyl groups is 1. The summed E-state index contributed by atoms with van der Waals surface area (Å²) in [6, 6.07) is 21.5. The molecule has 0 heterocycles. The maximum atomic E-state index is 13.3. The molecule has 0 aromatic heterocycles. The zero-order valence-electron chi connectivity index (χ0n) is 22.7. The van der Waals surface area contributed by atoms with Gasteiger partial charge in [0.05, 0.1) is 18.8 Å². The Morgan fingerprint density at radius 1 is 0.850 bits per heavy atom. The summed E-state index contributed by atoms with van der Waals surface area (Å²) in [6.45, 7) is 4.89. The van der Waals surface area contributed by atoms with E-state index in [1.54, 1.807) is 30.3 Å². The zero-order valence-corrected chi connectivity index (χ0v) is 22.7. The van der Waals surface area contributed by atoms with Gasteiger partial charge < -0.3 is 24.4 Å². The Labute approximate surface area is 233 Å². The Bertz CT molecular complexity index is 1450. The van der Waals surface area contributed by atoms with Gasteiger partial charge in [-0.05, 0) is 72.5 Å². The van der Waals surface area contributed by atoms with Crippen molar-refractivity contribution in [2.75, 3.05) is 13.2 Å². The number of hydrogen-bond acceptors (Lipinski definition) is 5. The summed E-state index contributed by atoms with van der Waals surface area (Å²) in [7, 11) is 0. The van der Waals surface area contributed by atoms with E-state index in [1.165, 1.54) is 24.3 Å². The van der Waals surface area contributed by atoms with Crippen LogP contribution in [0.5, 0.6) is 28.7 Å². The highest BCUT2D eigenvalue weighted by Crippen LogP contribution is 2.36. The third-order valence-corrected chi connectivity index (χ3v) is 6.42. The summed E-state index contributed by atoms with van der Waals surface area (Å²) in [6.07, 6.45) is 2.94. The number of phenols is 1. The molecule has 2 N–H and O–H groups in total. The first-order valence-corrected chi connectivity index (χ1v) is 13.4. The van der Waals surface area contributed by atoms with Gasteiger partial charge in [-0.25, -0.2) is 9.18 Å². The number of carboxylic acids is 1. The van der Waals surface area contributed by atoms with Crippen LogP contribution in [-0.2, 0) is 12.8 Å². The van der Waals surface area contributed by atoms with E-state index < -0.39 is 5.97 Å². The second-order valence-electron chi connectivity index (χ2n) is 9.31. The van der Waals surface area contributed by atoms with Crippen molar-refractivity contribution < 1.29 is 33.6 Å². The lowest BCUT2D eigenvalue weighted by atomic mass is 10.00. The minimum Gasteiger partial charge on any atom is -0.507 e. The topological polar surface area (TPSA) is 85.2 Å². The molecule has 0 aliphatic carbocycles. The van der Waals surface area contributed by atoms with Gasteiger partial charge >= 0.3 is 5.97 Å². The van der Waals surface area contributed by atoms with Crippen molar-refractivity contribution in [3.63, 3.8) is 0 Å². The first-order chi connectivity index (χ1) is 19.4. The van der Waals surface area contributed by atoms with Gasteiger partial charge in [-0.1, -0.05) is 44.5 Å². The second kappa shape index (κ2) is 13.5. The summed E-state index contributed by atoms with van der Waals surface area (Å²) in [4.78, 5) is 11.3. The Morgan fingerprint density at radius 2 is 1.55 bits per heavy atom. The van der Waals surface area contributed by atoms with E-state index in [9.17, 15) is 19.4 Å². The highest BCUT2D eigenvalue weighted by Gasteiger charge is 2.14. The Hall–Kier alpha value is -4.52. The van der Waals surface area contributed by atoms with Gasteiger partial charge in [-0.15, -0.1) is 0 Å². The molecule has 4 aromatic carbocycles. The lowest BCUT2D eigenvalue weighted by molar-refractivity contribution is 0.0696. The van der Waals surface area contributed by atoms with Gasteiger partial charge in [0, 0.05) is 23.6 Å². The normalized spacial score (nSPS) is 10.8. The maximum Gasteiger partial charge on any atom is 0.335 e. The van der Waals surface area contributed by atoms with E-state index in [-0.39, 0.29) is 17.1 Å². The second-order valence-corrected chi connectivity index (χ2v) is 9.31. The molecule has 7 heteroatoms. The monoisotopic (exact) mass is 544 g/mol. The van der Waals surface area contributed by atoms with E-state index in [1.807, 2.05) is 31.2 Å². The minimum atomic E-state index is -1.01. The summed E-state index contributed by atoms with van der Waals surface area (Å²) in [5, 5.41) is 19.9. The standard InChI is InChI=1S/C33H33FO6/c1-3-8-27-30(11-6-12-31(27)40-26-10-5-9-24(19-26)33(36)37)38-17-7-18-39-32-21-29(35)28(20-22(32)4-2)23-13-15-25(34)16-14-23/h5-6,9-16,19-21,35H,3-4,7-8,17-18H2,1-2H3,(H,36,37). The molecule has 0 fully saturated rings. The largest absolute Gasteiger partial charge is 0.507 e. The SMILES string of the molecule is CCCc1c(OCCCOc2cc(O)c(-c3ccc(F)cc3)cc2CC)cccc1Oc1cccc(C(=O)O)c1. The molecule has 0 bridgehead atoms. The number of carboxylic acid groups (broad SMARTS) is 1. The first kappa shape index (κ1) is 28.5. The molecule has 4 aromatic rings. The van der Waals surface area contributed by atoms with Crippen LogP contribution in [0.3, 0.4) is 0 Å². The van der Waals surface area contributed by atoms with Crippen LogP contribution in [0, 0.1) is 5.82 Å². The molecular weight excluding hydrogens is 511 g/mol. The lowest BCUT2D eigenvalue weighted by Crippen LogP contribution is -2.07. The van der Waals surface area contributed by atoms with Crippen LogP contribution in [0.25, 0.3) is 11.1 Å². The van der Waals surface area contributed by atoms with E-state index in [0.29, 0.717) is 54.6 Å². The Balaban J connectivity index is 1.38. The molecule has 0 aliphatic rings. The molecule has 0 aliphatic heterocycles. The number of phenolic OH excluding ortho intramolecular Hbond substituents is 1. The highest BCUT2D eigenvalue weighted by molar-refractivity contribution is 5.88. The number of aryl methyl sites for hydroxylation is 1. The van der Waals surface area contributed by atoms with Crippen LogP contribution in [0.2, 0.25) is 0 Å². The quantitative estimate of drug-likeness (QED) is 0.166. The number of halogens is 1. The smallest absolute Gasteiger partial charge is 0.335 e. The molecule has 0 unspecified atom stereocenters. The highest BCUT2D eigenvalue weighted by atomic mass is 19.1. The van der Waals surface area contributed by atoms with Gasteiger partial charge in [0.2, 0.25) is 0 Å². The van der Waals surface area contributed by atoms with E-state index in [4.69, 9.17) is 14.2 Å². The number of ether oxygens (including phenoxy) is 3. The summed E-state index contributed by atoms with van der Waals surface area (Å²) < 4.78 is 31.5. The minimum absolute atomic E-state index is 0.0740. The van der Waals surface area contributed by atoms with Crippen LogP contribution < -0.4 is 14.2 Å². The van der Waals surface area contributed by atoms with Gasteiger partial charge in [-0.3, -0.25) is 0 Å². The summed E-state index contributed by atoms with van der Waals surface area (Å²) in [5.41, 5.74) is 3.39. The third kappa shape index (κ3) is 7.11. The van der Waals surface area contributed by atoms with Crippen molar-refractivity contribution >= 4 is 5.97 Å². The fourth-order valence-electron chi connectivity index (χ4n) is 4.40. The fraction of sp³-hybridized carbons (Fsp3) is 0.242. The molecule has 40 heavy (non-hydrogen) atoms. The number of rotatable bonds is 13. The average Bonchev–Trinajstić information content (AvgIpc) is 2.95. The lowest BCUT2D eigenvalue weighted by Gasteiger charge is -2.17. The number of hydrogen-bond donors (Lipinski definition) is 2. The molecule has 208 valence electrons. The van der Waals surface area contributed by atoms with Gasteiger partial charge in [-0.2, -0.15) is 0 Å². The molecule has 0 saturated carbocycles. The van der Waals surface area contributed by atoms with Crippen LogP contribution in [-0.4, -0.2) is 29.4 Å². The predicted octanol–water partition coefficient (Wildman–Crippen LogP) is 8.05. The van der Waals surface area contributed by atoms with Crippen molar-refractivity contribution in [2.45, 2.75) is 39.5 Å². The van der Waals surface area contributed by atoms with E-state index in [2.05, 4.69) is 6.92 Å². The van der Waals surface area contributed by atoms with Crippen molar-refractivity contribution in [1.82, 2.24) is 0 Å². The molecule has 0 amide bonds. The summed E-state index contributed by atoms with van der Waals surface area (Å²) in [5.74, 6) is 1.13. The van der Waals surface area contributed by atoms with Gasteiger partial charge in [0.1, 0.15) is 34.6 Å². The molecule has 0 saturated heterocycles. The van der Waals surface area contributed by atoms with Crippen LogP contribution in [0.4, 0.5) is 4.39 Å². The van der Waals surface area contributed by atoms with E-state index >= 15 is 0 Å². The Kier molecular flexibility index (Phi) is 9.62. The third-order valence-electron chi connectivity index (χ3n) is 6.42. The van der Waals surface area contributed by atoms with Crippen molar-refractivity contribution in [3.05, 3.63) is 101 Å². The van der Waals surface area contributed by atoms with Crippen molar-refractivity contribution in [2.24, 2.45) is 0 Å². The van der Waals surface area contributed by atoms with Crippen LogP contribution >= 0.6 is 0 Å². The molecule has 0 spiro atoms. The zero-order chi connectivity index (χ0) is 28.5. The average molecular weight is 545 g/mol. The fourth-order valence-corrected chi connectivity index (χ4v) is 4.40. The van der Waals surface area contributed by atoms with Crippen LogP contribution in [0.1, 0.15) is 48.2 Å². The predicted molar refractivity (Wildman–Crippen MR) is 152 cm³/mol.